The predicted octanol–water partition coefficient (Wildman–Crippen LogP) is 2.70. The molecule has 2 fully saturated rings. The average Bonchev–Trinajstić information content (AvgIpc) is 2.86. The Morgan fingerprint density at radius 1 is 1.26 bits per heavy atom. The van der Waals surface area contributed by atoms with E-state index in [9.17, 15) is 4.79 Å². The Morgan fingerprint density at radius 3 is 2.74 bits per heavy atom. The number of benzene rings is 1. The molecule has 3 rings (SSSR count). The van der Waals surface area contributed by atoms with Gasteiger partial charge in [0.1, 0.15) is 5.75 Å². The molecule has 1 aromatic rings. The number of carbonyl (C=O) groups is 1. The SMILES string of the molecule is C=CCN1CCC2(CCCN(Cc3ccc(OC)cc3)C2)C1=O. The third-order valence-corrected chi connectivity index (χ3v) is 5.17. The van der Waals surface area contributed by atoms with E-state index in [1.165, 1.54) is 5.56 Å². The van der Waals surface area contributed by atoms with Crippen molar-refractivity contribution in [3.05, 3.63) is 42.5 Å². The van der Waals surface area contributed by atoms with Gasteiger partial charge in [-0.15, -0.1) is 6.58 Å². The summed E-state index contributed by atoms with van der Waals surface area (Å²) < 4.78 is 5.21. The first-order valence-electron chi connectivity index (χ1n) is 8.42. The highest BCUT2D eigenvalue weighted by atomic mass is 16.5. The van der Waals surface area contributed by atoms with Crippen molar-refractivity contribution in [3.8, 4) is 5.75 Å². The molecule has 0 aromatic heterocycles. The zero-order valence-corrected chi connectivity index (χ0v) is 14.0. The Bertz CT molecular complexity index is 569. The first kappa shape index (κ1) is 16.1. The molecular weight excluding hydrogens is 288 g/mol. The number of piperidine rings is 1. The second-order valence-electron chi connectivity index (χ2n) is 6.73. The van der Waals surface area contributed by atoms with Crippen molar-refractivity contribution in [2.24, 2.45) is 5.41 Å². The van der Waals surface area contributed by atoms with Gasteiger partial charge >= 0.3 is 0 Å². The van der Waals surface area contributed by atoms with E-state index < -0.39 is 0 Å². The lowest BCUT2D eigenvalue weighted by Gasteiger charge is -2.39. The highest BCUT2D eigenvalue weighted by Gasteiger charge is 2.48. The number of hydrogen-bond acceptors (Lipinski definition) is 3. The number of rotatable bonds is 5. The van der Waals surface area contributed by atoms with Crippen LogP contribution in [0.15, 0.2) is 36.9 Å². The van der Waals surface area contributed by atoms with E-state index in [0.717, 1.165) is 51.2 Å². The molecule has 124 valence electrons. The maximum absolute atomic E-state index is 12.8. The minimum atomic E-state index is -0.159. The quantitative estimate of drug-likeness (QED) is 0.784. The standard InChI is InChI=1S/C19H26N2O2/c1-3-11-21-13-10-19(18(21)22)9-4-12-20(15-19)14-16-5-7-17(23-2)8-6-16/h3,5-8H,1,4,9-15H2,2H3. The molecule has 2 aliphatic rings. The van der Waals surface area contributed by atoms with Crippen molar-refractivity contribution in [2.75, 3.05) is 33.3 Å². The summed E-state index contributed by atoms with van der Waals surface area (Å²) in [5.74, 6) is 1.21. The Labute approximate surface area is 138 Å². The lowest BCUT2D eigenvalue weighted by Crippen LogP contribution is -2.47. The van der Waals surface area contributed by atoms with Gasteiger partial charge < -0.3 is 9.64 Å². The molecule has 23 heavy (non-hydrogen) atoms. The van der Waals surface area contributed by atoms with Crippen molar-refractivity contribution in [1.29, 1.82) is 0 Å². The molecule has 2 aliphatic heterocycles. The molecule has 1 unspecified atom stereocenters. The first-order valence-corrected chi connectivity index (χ1v) is 8.42. The van der Waals surface area contributed by atoms with Crippen molar-refractivity contribution < 1.29 is 9.53 Å². The average molecular weight is 314 g/mol. The van der Waals surface area contributed by atoms with Crippen LogP contribution in [0.3, 0.4) is 0 Å². The highest BCUT2D eigenvalue weighted by molar-refractivity contribution is 5.85. The van der Waals surface area contributed by atoms with E-state index in [4.69, 9.17) is 4.74 Å². The number of ether oxygens (including phenoxy) is 1. The molecule has 0 aliphatic carbocycles. The molecule has 4 nitrogen and oxygen atoms in total. The minimum Gasteiger partial charge on any atom is -0.497 e. The number of amides is 1. The molecular formula is C19H26N2O2. The van der Waals surface area contributed by atoms with Crippen LogP contribution in [-0.2, 0) is 11.3 Å². The summed E-state index contributed by atoms with van der Waals surface area (Å²) in [5, 5.41) is 0. The molecule has 2 saturated heterocycles. The molecule has 2 heterocycles. The molecule has 4 heteroatoms. The topological polar surface area (TPSA) is 32.8 Å². The van der Waals surface area contributed by atoms with Crippen LogP contribution in [-0.4, -0.2) is 49.0 Å². The van der Waals surface area contributed by atoms with Gasteiger partial charge in [-0.3, -0.25) is 9.69 Å². The zero-order chi connectivity index (χ0) is 16.3. The highest BCUT2D eigenvalue weighted by Crippen LogP contribution is 2.40. The van der Waals surface area contributed by atoms with Crippen molar-refractivity contribution >= 4 is 5.91 Å². The van der Waals surface area contributed by atoms with E-state index >= 15 is 0 Å². The smallest absolute Gasteiger partial charge is 0.230 e. The monoisotopic (exact) mass is 314 g/mol. The van der Waals surface area contributed by atoms with Crippen molar-refractivity contribution in [2.45, 2.75) is 25.8 Å². The number of carbonyl (C=O) groups excluding carboxylic acids is 1. The summed E-state index contributed by atoms with van der Waals surface area (Å²) in [6.45, 7) is 8.17. The van der Waals surface area contributed by atoms with Crippen molar-refractivity contribution in [1.82, 2.24) is 9.80 Å². The van der Waals surface area contributed by atoms with E-state index in [1.807, 2.05) is 23.1 Å². The summed E-state index contributed by atoms with van der Waals surface area (Å²) in [5.41, 5.74) is 1.12. The fourth-order valence-electron chi connectivity index (χ4n) is 3.95. The molecule has 1 spiro atoms. The third kappa shape index (κ3) is 3.27. The number of methoxy groups -OCH3 is 1. The van der Waals surface area contributed by atoms with Crippen LogP contribution < -0.4 is 4.74 Å². The van der Waals surface area contributed by atoms with Crippen LogP contribution in [0, 0.1) is 5.41 Å². The van der Waals surface area contributed by atoms with Gasteiger partial charge in [0.2, 0.25) is 5.91 Å². The van der Waals surface area contributed by atoms with Gasteiger partial charge in [0, 0.05) is 26.2 Å². The zero-order valence-electron chi connectivity index (χ0n) is 14.0. The molecule has 0 saturated carbocycles. The van der Waals surface area contributed by atoms with Crippen molar-refractivity contribution in [3.63, 3.8) is 0 Å². The second kappa shape index (κ2) is 6.75. The lowest BCUT2D eigenvalue weighted by atomic mass is 9.78. The fourth-order valence-corrected chi connectivity index (χ4v) is 3.95. The van der Waals surface area contributed by atoms with Gasteiger partial charge in [0.25, 0.3) is 0 Å². The van der Waals surface area contributed by atoms with E-state index in [2.05, 4.69) is 23.6 Å². The summed E-state index contributed by atoms with van der Waals surface area (Å²) in [6, 6.07) is 8.23. The Morgan fingerprint density at radius 2 is 2.04 bits per heavy atom. The molecule has 1 aromatic carbocycles. The Balaban J connectivity index is 1.66. The van der Waals surface area contributed by atoms with Gasteiger partial charge in [-0.2, -0.15) is 0 Å². The van der Waals surface area contributed by atoms with Crippen LogP contribution in [0.2, 0.25) is 0 Å². The summed E-state index contributed by atoms with van der Waals surface area (Å²) in [4.78, 5) is 17.2. The maximum atomic E-state index is 12.8. The molecule has 0 N–H and O–H groups in total. The molecule has 0 radical (unpaired) electrons. The first-order chi connectivity index (χ1) is 11.2. The number of hydrogen-bond donors (Lipinski definition) is 0. The fraction of sp³-hybridized carbons (Fsp3) is 0.526. The van der Waals surface area contributed by atoms with Crippen LogP contribution in [0.5, 0.6) is 5.75 Å². The second-order valence-corrected chi connectivity index (χ2v) is 6.73. The van der Waals surface area contributed by atoms with Crippen LogP contribution >= 0.6 is 0 Å². The van der Waals surface area contributed by atoms with E-state index in [-0.39, 0.29) is 5.41 Å². The molecule has 1 amide bonds. The van der Waals surface area contributed by atoms with Gasteiger partial charge in [-0.25, -0.2) is 0 Å². The normalized spacial score (nSPS) is 25.1. The van der Waals surface area contributed by atoms with Gasteiger partial charge in [0.15, 0.2) is 0 Å². The Kier molecular flexibility index (Phi) is 4.71. The summed E-state index contributed by atoms with van der Waals surface area (Å²) in [6.07, 6.45) is 4.94. The minimum absolute atomic E-state index is 0.159. The van der Waals surface area contributed by atoms with Gasteiger partial charge in [0.05, 0.1) is 12.5 Å². The third-order valence-electron chi connectivity index (χ3n) is 5.17. The lowest BCUT2D eigenvalue weighted by molar-refractivity contribution is -0.138. The summed E-state index contributed by atoms with van der Waals surface area (Å²) >= 11 is 0. The predicted molar refractivity (Wildman–Crippen MR) is 91.3 cm³/mol. The van der Waals surface area contributed by atoms with Crippen LogP contribution in [0.25, 0.3) is 0 Å². The maximum Gasteiger partial charge on any atom is 0.230 e. The van der Waals surface area contributed by atoms with Gasteiger partial charge in [-0.1, -0.05) is 18.2 Å². The summed E-state index contributed by atoms with van der Waals surface area (Å²) in [7, 11) is 1.68. The number of likely N-dealkylation sites (tertiary alicyclic amines) is 2. The molecule has 1 atom stereocenters. The van der Waals surface area contributed by atoms with E-state index in [1.54, 1.807) is 7.11 Å². The van der Waals surface area contributed by atoms with Crippen LogP contribution in [0.4, 0.5) is 0 Å². The largest absolute Gasteiger partial charge is 0.497 e. The molecule has 0 bridgehead atoms. The Hall–Kier alpha value is -1.81. The number of nitrogens with zero attached hydrogens (tertiary/aromatic N) is 2. The van der Waals surface area contributed by atoms with Crippen LogP contribution in [0.1, 0.15) is 24.8 Å². The van der Waals surface area contributed by atoms with E-state index in [0.29, 0.717) is 12.5 Å². The van der Waals surface area contributed by atoms with Gasteiger partial charge in [-0.05, 0) is 43.5 Å².